The summed E-state index contributed by atoms with van der Waals surface area (Å²) in [5, 5.41) is 10.4. The van der Waals surface area contributed by atoms with Gasteiger partial charge in [-0.15, -0.1) is 0 Å². The molecule has 6 saturated heterocycles. The lowest BCUT2D eigenvalue weighted by atomic mass is 9.50. The van der Waals surface area contributed by atoms with Crippen molar-refractivity contribution in [3.8, 4) is 0 Å². The van der Waals surface area contributed by atoms with Gasteiger partial charge in [-0.2, -0.15) is 0 Å². The lowest BCUT2D eigenvalue weighted by Crippen LogP contribution is -2.66. The highest BCUT2D eigenvalue weighted by molar-refractivity contribution is 5.08. The Morgan fingerprint density at radius 1 is 0.205 bits per heavy atom. The second kappa shape index (κ2) is 25.4. The number of ether oxygens (including phenoxy) is 3. The lowest BCUT2D eigenvalue weighted by Gasteiger charge is -2.60. The molecular formula is C72H147N3O3. The lowest BCUT2D eigenvalue weighted by molar-refractivity contribution is -0.224. The monoisotopic (exact) mass is 1100 g/mol. The van der Waals surface area contributed by atoms with Gasteiger partial charge < -0.3 is 30.2 Å². The minimum Gasteiger partial charge on any atom is -0.381 e. The van der Waals surface area contributed by atoms with Crippen molar-refractivity contribution in [3.63, 3.8) is 0 Å². The summed E-state index contributed by atoms with van der Waals surface area (Å²) in [5.41, 5.74) is 7.14. The Kier molecular flexibility index (Phi) is 24.7. The van der Waals surface area contributed by atoms with Crippen LogP contribution >= 0.6 is 0 Å². The highest BCUT2D eigenvalue weighted by Crippen LogP contribution is 2.61. The molecule has 0 unspecified atom stereocenters. The highest BCUT2D eigenvalue weighted by Gasteiger charge is 2.58. The van der Waals surface area contributed by atoms with E-state index in [4.69, 9.17) is 14.2 Å². The first-order chi connectivity index (χ1) is 34.2. The van der Waals surface area contributed by atoms with E-state index in [0.29, 0.717) is 97.5 Å². The third-order valence-electron chi connectivity index (χ3n) is 23.8. The SMILES string of the molecule is CC(C)(C)C1(C(C)(C)C)CCNC1.CC(C)(C)C1(C(C)(C)C)CCNCC1.CC(C)(C)C1(C(C)(C)C)CCOC1.CC(C)(C)C1(C(C)(C)C)CCOCC1.CC(C)(C)C1(C(C)(C)C)CNC1.CC(C)(C)C1(C(C)(C)C)COC1. The highest BCUT2D eigenvalue weighted by atomic mass is 16.5. The molecule has 6 aliphatic rings. The first-order valence-electron chi connectivity index (χ1n) is 32.1. The molecule has 6 aliphatic heterocycles. The molecule has 78 heavy (non-hydrogen) atoms. The van der Waals surface area contributed by atoms with Crippen LogP contribution in [0.25, 0.3) is 0 Å². The Bertz CT molecular complexity index is 1510. The first-order valence-corrected chi connectivity index (χ1v) is 32.1. The molecule has 6 fully saturated rings. The van der Waals surface area contributed by atoms with Crippen LogP contribution in [0.2, 0.25) is 0 Å². The summed E-state index contributed by atoms with van der Waals surface area (Å²) < 4.78 is 16.5. The van der Waals surface area contributed by atoms with Gasteiger partial charge in [-0.1, -0.05) is 249 Å². The molecule has 468 valence electrons. The van der Waals surface area contributed by atoms with Crippen molar-refractivity contribution >= 4 is 0 Å². The maximum Gasteiger partial charge on any atom is 0.0554 e. The van der Waals surface area contributed by atoms with E-state index in [2.05, 4.69) is 265 Å². The van der Waals surface area contributed by atoms with Crippen molar-refractivity contribution in [2.45, 2.75) is 288 Å². The van der Waals surface area contributed by atoms with E-state index < -0.39 is 0 Å². The van der Waals surface area contributed by atoms with Crippen LogP contribution in [0, 0.1) is 97.5 Å². The van der Waals surface area contributed by atoms with Gasteiger partial charge in [-0.05, 0) is 139 Å². The summed E-state index contributed by atoms with van der Waals surface area (Å²) in [4.78, 5) is 0. The summed E-state index contributed by atoms with van der Waals surface area (Å²) in [6, 6.07) is 0. The minimum atomic E-state index is 0.335. The van der Waals surface area contributed by atoms with Crippen molar-refractivity contribution in [2.75, 3.05) is 78.9 Å². The average molecular weight is 1100 g/mol. The van der Waals surface area contributed by atoms with Crippen molar-refractivity contribution in [2.24, 2.45) is 97.5 Å². The predicted molar refractivity (Wildman–Crippen MR) is 347 cm³/mol. The van der Waals surface area contributed by atoms with E-state index in [-0.39, 0.29) is 0 Å². The molecular weight excluding hydrogens is 955 g/mol. The van der Waals surface area contributed by atoms with Gasteiger partial charge >= 0.3 is 0 Å². The van der Waals surface area contributed by atoms with E-state index in [1.807, 2.05) is 0 Å². The van der Waals surface area contributed by atoms with Crippen LogP contribution < -0.4 is 16.0 Å². The standard InChI is InChI=1S/C13H27N.C13H26O.C12H25N.C12H24O.C11H23N.C11H22O/c2*1-11(2,3)13(12(4,5)6)7-9-14-10-8-13;2*1-10(2,3)12(11(4,5)6)7-8-13-9-12;2*1-9(2,3)11(7-12-8-11)10(4,5)6/h14H,7-10H2,1-6H3;7-10H2,1-6H3;13H,7-9H2,1-6H3;7-9H2,1-6H3;12H,7-8H2,1-6H3;7-8H2,1-6H3. The Morgan fingerprint density at radius 2 is 0.436 bits per heavy atom. The number of hydrogen-bond donors (Lipinski definition) is 3. The van der Waals surface area contributed by atoms with Crippen LogP contribution in [-0.2, 0) is 14.2 Å². The third-order valence-corrected chi connectivity index (χ3v) is 23.8. The van der Waals surface area contributed by atoms with Crippen molar-refractivity contribution in [1.82, 2.24) is 16.0 Å². The van der Waals surface area contributed by atoms with Gasteiger partial charge in [0.1, 0.15) is 0 Å². The summed E-state index contributed by atoms with van der Waals surface area (Å²) in [7, 11) is 0. The van der Waals surface area contributed by atoms with E-state index in [1.54, 1.807) is 0 Å². The van der Waals surface area contributed by atoms with Gasteiger partial charge in [0, 0.05) is 55.7 Å². The largest absolute Gasteiger partial charge is 0.381 e. The van der Waals surface area contributed by atoms with Gasteiger partial charge in [0.25, 0.3) is 0 Å². The fraction of sp³-hybridized carbons (Fsp3) is 1.00. The van der Waals surface area contributed by atoms with Gasteiger partial charge in [0.15, 0.2) is 0 Å². The molecule has 0 atom stereocenters. The Hall–Kier alpha value is -0.240. The summed E-state index contributed by atoms with van der Waals surface area (Å²) in [6.45, 7) is 97.8. The van der Waals surface area contributed by atoms with Crippen LogP contribution in [-0.4, -0.2) is 78.9 Å². The molecule has 0 aliphatic carbocycles. The van der Waals surface area contributed by atoms with Crippen LogP contribution in [0.5, 0.6) is 0 Å². The Balaban J connectivity index is 0.000000468. The van der Waals surface area contributed by atoms with Gasteiger partial charge in [-0.3, -0.25) is 0 Å². The zero-order valence-electron chi connectivity index (χ0n) is 60.5. The molecule has 0 radical (unpaired) electrons. The Labute approximate surface area is 492 Å². The molecule has 0 amide bonds. The molecule has 0 aromatic rings. The summed E-state index contributed by atoms with van der Waals surface area (Å²) in [5.74, 6) is 0. The van der Waals surface area contributed by atoms with Crippen LogP contribution in [0.15, 0.2) is 0 Å². The zero-order chi connectivity index (χ0) is 62.0. The molecule has 0 aromatic heterocycles. The fourth-order valence-corrected chi connectivity index (χ4v) is 17.7. The molecule has 0 aromatic carbocycles. The van der Waals surface area contributed by atoms with Crippen LogP contribution in [0.1, 0.15) is 288 Å². The first kappa shape index (κ1) is 75.8. The average Bonchev–Trinajstić information content (AvgIpc) is 3.88. The third kappa shape index (κ3) is 16.2. The van der Waals surface area contributed by atoms with Crippen molar-refractivity contribution < 1.29 is 14.2 Å². The van der Waals surface area contributed by atoms with Gasteiger partial charge in [0.2, 0.25) is 0 Å². The molecule has 0 saturated carbocycles. The normalized spacial score (nSPS) is 23.5. The number of rotatable bonds is 0. The second-order valence-corrected chi connectivity index (χ2v) is 38.7. The topological polar surface area (TPSA) is 63.8 Å². The summed E-state index contributed by atoms with van der Waals surface area (Å²) in [6.07, 6.45) is 7.58. The quantitative estimate of drug-likeness (QED) is 0.225. The molecule has 6 heteroatoms. The van der Waals surface area contributed by atoms with Crippen molar-refractivity contribution in [1.29, 1.82) is 0 Å². The maximum atomic E-state index is 5.61. The zero-order valence-corrected chi connectivity index (χ0v) is 60.5. The number of nitrogens with one attached hydrogen (secondary N) is 3. The van der Waals surface area contributed by atoms with Crippen LogP contribution in [0.4, 0.5) is 0 Å². The number of hydrogen-bond acceptors (Lipinski definition) is 6. The van der Waals surface area contributed by atoms with Gasteiger partial charge in [0.05, 0.1) is 19.8 Å². The van der Waals surface area contributed by atoms with E-state index in [0.717, 1.165) is 39.6 Å². The molecule has 6 heterocycles. The maximum absolute atomic E-state index is 5.61. The molecule has 0 spiro atoms. The molecule has 3 N–H and O–H groups in total. The fourth-order valence-electron chi connectivity index (χ4n) is 17.7. The predicted octanol–water partition coefficient (Wildman–Crippen LogP) is 19.6. The minimum absolute atomic E-state index is 0.335. The van der Waals surface area contributed by atoms with Gasteiger partial charge in [-0.25, -0.2) is 0 Å². The molecule has 6 rings (SSSR count). The number of piperidine rings is 1. The summed E-state index contributed by atoms with van der Waals surface area (Å²) >= 11 is 0. The Morgan fingerprint density at radius 3 is 0.564 bits per heavy atom. The van der Waals surface area contributed by atoms with E-state index in [1.165, 1.54) is 77.8 Å². The van der Waals surface area contributed by atoms with Crippen molar-refractivity contribution in [3.05, 3.63) is 0 Å². The second-order valence-electron chi connectivity index (χ2n) is 38.7. The molecule has 6 nitrogen and oxygen atoms in total. The van der Waals surface area contributed by atoms with E-state index in [9.17, 15) is 0 Å². The smallest absolute Gasteiger partial charge is 0.0554 e. The molecule has 0 bridgehead atoms. The van der Waals surface area contributed by atoms with Crippen LogP contribution in [0.3, 0.4) is 0 Å². The van der Waals surface area contributed by atoms with E-state index >= 15 is 0 Å².